The molecule has 0 rings (SSSR count). The lowest BCUT2D eigenvalue weighted by atomic mass is 10.4. The molecule has 0 aliphatic heterocycles. The van der Waals surface area contributed by atoms with E-state index in [1.165, 1.54) is 6.92 Å². The Morgan fingerprint density at radius 3 is 2.38 bits per heavy atom. The molecule has 0 amide bonds. The van der Waals surface area contributed by atoms with Crippen LogP contribution in [0.1, 0.15) is 6.92 Å². The number of hydrogen-bond donors (Lipinski definition) is 2. The molecule has 0 aromatic heterocycles. The Bertz CT molecular complexity index is 183. The van der Waals surface area contributed by atoms with E-state index < -0.39 is 18.0 Å². The van der Waals surface area contributed by atoms with Gasteiger partial charge >= 0.3 is 11.9 Å². The third kappa shape index (κ3) is 6.77. The summed E-state index contributed by atoms with van der Waals surface area (Å²) in [6.45, 7) is 1.33. The van der Waals surface area contributed by atoms with Crippen LogP contribution in [0.15, 0.2) is 0 Å². The molecule has 6 heteroatoms. The van der Waals surface area contributed by atoms with Crippen LogP contribution in [0.4, 0.5) is 0 Å². The Morgan fingerprint density at radius 2 is 2.00 bits per heavy atom. The Morgan fingerprint density at radius 1 is 1.38 bits per heavy atom. The van der Waals surface area contributed by atoms with Gasteiger partial charge in [-0.1, -0.05) is 0 Å². The van der Waals surface area contributed by atoms with E-state index in [0.29, 0.717) is 5.75 Å². The standard InChI is InChI=1S/C7H12O4S2/c1-5(8)10-2-6(3-12)11-7(9)4-13/h6,12-13H,2-4H2,1H3. The Hall–Kier alpha value is -0.360. The molecular formula is C7H12O4S2. The van der Waals surface area contributed by atoms with Gasteiger partial charge in [-0.3, -0.25) is 9.59 Å². The van der Waals surface area contributed by atoms with E-state index in [0.717, 1.165) is 0 Å². The highest BCUT2D eigenvalue weighted by molar-refractivity contribution is 7.81. The Labute approximate surface area is 87.8 Å². The summed E-state index contributed by atoms with van der Waals surface area (Å²) < 4.78 is 9.48. The topological polar surface area (TPSA) is 52.6 Å². The number of ether oxygens (including phenoxy) is 2. The number of hydrogen-bond acceptors (Lipinski definition) is 6. The van der Waals surface area contributed by atoms with Crippen LogP contribution >= 0.6 is 25.3 Å². The van der Waals surface area contributed by atoms with Gasteiger partial charge in [-0.2, -0.15) is 25.3 Å². The second-order valence-electron chi connectivity index (χ2n) is 2.26. The molecule has 1 unspecified atom stereocenters. The second kappa shape index (κ2) is 7.08. The molecule has 0 saturated heterocycles. The molecule has 4 nitrogen and oxygen atoms in total. The Balaban J connectivity index is 3.75. The first-order chi connectivity index (χ1) is 6.10. The van der Waals surface area contributed by atoms with E-state index in [1.807, 2.05) is 0 Å². The lowest BCUT2D eigenvalue weighted by Gasteiger charge is -2.14. The first kappa shape index (κ1) is 12.6. The number of thiol groups is 2. The summed E-state index contributed by atoms with van der Waals surface area (Å²) in [5.41, 5.74) is 0. The maximum absolute atomic E-state index is 10.8. The zero-order valence-corrected chi connectivity index (χ0v) is 9.01. The highest BCUT2D eigenvalue weighted by atomic mass is 32.1. The molecule has 0 aromatic carbocycles. The van der Waals surface area contributed by atoms with Gasteiger partial charge in [0.15, 0.2) is 0 Å². The first-order valence-corrected chi connectivity index (χ1v) is 4.91. The average molecular weight is 224 g/mol. The summed E-state index contributed by atoms with van der Waals surface area (Å²) in [6.07, 6.45) is -0.494. The van der Waals surface area contributed by atoms with E-state index in [-0.39, 0.29) is 12.4 Å². The molecule has 0 aliphatic rings. The van der Waals surface area contributed by atoms with Crippen molar-refractivity contribution in [3.63, 3.8) is 0 Å². The second-order valence-corrected chi connectivity index (χ2v) is 2.94. The quantitative estimate of drug-likeness (QED) is 0.521. The van der Waals surface area contributed by atoms with Crippen LogP contribution < -0.4 is 0 Å². The van der Waals surface area contributed by atoms with E-state index >= 15 is 0 Å². The molecule has 1 atom stereocenters. The van der Waals surface area contributed by atoms with Gasteiger partial charge in [-0.05, 0) is 0 Å². The van der Waals surface area contributed by atoms with Crippen molar-refractivity contribution in [3.05, 3.63) is 0 Å². The van der Waals surface area contributed by atoms with Gasteiger partial charge in [0, 0.05) is 12.7 Å². The molecule has 0 saturated carbocycles. The van der Waals surface area contributed by atoms with Gasteiger partial charge in [0.2, 0.25) is 0 Å². The monoisotopic (exact) mass is 224 g/mol. The predicted octanol–water partition coefficient (Wildman–Crippen LogP) is 0.321. The molecular weight excluding hydrogens is 212 g/mol. The SMILES string of the molecule is CC(=O)OCC(CS)OC(=O)CS. The van der Waals surface area contributed by atoms with Gasteiger partial charge in [-0.25, -0.2) is 0 Å². The summed E-state index contributed by atoms with van der Waals surface area (Å²) >= 11 is 7.67. The van der Waals surface area contributed by atoms with Crippen molar-refractivity contribution in [1.29, 1.82) is 0 Å². The Kier molecular flexibility index (Phi) is 6.89. The minimum atomic E-state index is -0.494. The van der Waals surface area contributed by atoms with Crippen molar-refractivity contribution in [2.24, 2.45) is 0 Å². The fourth-order valence-corrected chi connectivity index (χ4v) is 0.812. The molecule has 0 bridgehead atoms. The van der Waals surface area contributed by atoms with E-state index in [2.05, 4.69) is 30.0 Å². The van der Waals surface area contributed by atoms with Crippen LogP contribution in [0, 0.1) is 0 Å². The number of carbonyl (C=O) groups is 2. The van der Waals surface area contributed by atoms with Gasteiger partial charge < -0.3 is 9.47 Å². The van der Waals surface area contributed by atoms with Crippen LogP contribution in [0.2, 0.25) is 0 Å². The van der Waals surface area contributed by atoms with E-state index in [1.54, 1.807) is 0 Å². The van der Waals surface area contributed by atoms with Crippen molar-refractivity contribution < 1.29 is 19.1 Å². The molecule has 0 aromatic rings. The van der Waals surface area contributed by atoms with Gasteiger partial charge in [-0.15, -0.1) is 0 Å². The van der Waals surface area contributed by atoms with Gasteiger partial charge in [0.05, 0.1) is 5.75 Å². The molecule has 0 spiro atoms. The lowest BCUT2D eigenvalue weighted by molar-refractivity contribution is -0.154. The summed E-state index contributed by atoms with van der Waals surface area (Å²) in [5, 5.41) is 0. The molecule has 0 radical (unpaired) electrons. The van der Waals surface area contributed by atoms with Crippen molar-refractivity contribution in [2.45, 2.75) is 13.0 Å². The van der Waals surface area contributed by atoms with Crippen molar-refractivity contribution in [2.75, 3.05) is 18.1 Å². The molecule has 76 valence electrons. The zero-order chi connectivity index (χ0) is 10.3. The molecule has 0 heterocycles. The summed E-state index contributed by atoms with van der Waals surface area (Å²) in [4.78, 5) is 21.2. The summed E-state index contributed by atoms with van der Waals surface area (Å²) in [7, 11) is 0. The first-order valence-electron chi connectivity index (χ1n) is 3.64. The van der Waals surface area contributed by atoms with Gasteiger partial charge in [0.25, 0.3) is 0 Å². The van der Waals surface area contributed by atoms with E-state index in [4.69, 9.17) is 4.74 Å². The minimum absolute atomic E-state index is 0.00431. The normalized spacial score (nSPS) is 11.9. The lowest BCUT2D eigenvalue weighted by Crippen LogP contribution is -2.26. The predicted molar refractivity (Wildman–Crippen MR) is 54.2 cm³/mol. The van der Waals surface area contributed by atoms with Crippen LogP contribution in [0.3, 0.4) is 0 Å². The highest BCUT2D eigenvalue weighted by Gasteiger charge is 2.12. The third-order valence-corrected chi connectivity index (χ3v) is 1.77. The van der Waals surface area contributed by atoms with Crippen molar-refractivity contribution in [3.8, 4) is 0 Å². The van der Waals surface area contributed by atoms with Crippen LogP contribution in [0.5, 0.6) is 0 Å². The summed E-state index contributed by atoms with van der Waals surface area (Å²) in [5.74, 6) is -0.541. The van der Waals surface area contributed by atoms with Gasteiger partial charge in [0.1, 0.15) is 12.7 Å². The van der Waals surface area contributed by atoms with Crippen LogP contribution in [-0.2, 0) is 19.1 Å². The fraction of sp³-hybridized carbons (Fsp3) is 0.714. The average Bonchev–Trinajstić information content (AvgIpc) is 2.11. The van der Waals surface area contributed by atoms with Crippen LogP contribution in [0.25, 0.3) is 0 Å². The van der Waals surface area contributed by atoms with Crippen LogP contribution in [-0.4, -0.2) is 36.2 Å². The van der Waals surface area contributed by atoms with E-state index in [9.17, 15) is 9.59 Å². The number of esters is 2. The molecule has 0 aliphatic carbocycles. The maximum Gasteiger partial charge on any atom is 0.316 e. The highest BCUT2D eigenvalue weighted by Crippen LogP contribution is 1.98. The van der Waals surface area contributed by atoms with Crippen molar-refractivity contribution in [1.82, 2.24) is 0 Å². The molecule has 0 fully saturated rings. The molecule has 13 heavy (non-hydrogen) atoms. The maximum atomic E-state index is 10.8. The summed E-state index contributed by atoms with van der Waals surface area (Å²) in [6, 6.07) is 0. The fourth-order valence-electron chi connectivity index (χ4n) is 0.557. The smallest absolute Gasteiger partial charge is 0.316 e. The number of carbonyl (C=O) groups excluding carboxylic acids is 2. The minimum Gasteiger partial charge on any atom is -0.462 e. The third-order valence-electron chi connectivity index (χ3n) is 1.10. The zero-order valence-electron chi connectivity index (χ0n) is 7.23. The largest absolute Gasteiger partial charge is 0.462 e. The number of rotatable bonds is 5. The van der Waals surface area contributed by atoms with Crippen molar-refractivity contribution >= 4 is 37.2 Å². The molecule has 0 N–H and O–H groups in total.